The Balaban J connectivity index is 1.98. The summed E-state index contributed by atoms with van der Waals surface area (Å²) >= 11 is 0. The van der Waals surface area contributed by atoms with Crippen LogP contribution in [0.25, 0.3) is 0 Å². The number of nitrogens with zero attached hydrogens (tertiary/aromatic N) is 1. The molecule has 1 fully saturated rings. The van der Waals surface area contributed by atoms with Gasteiger partial charge in [-0.25, -0.2) is 0 Å². The number of nitrogens with two attached hydrogens (primary N) is 1. The number of hydrogen-bond acceptors (Lipinski definition) is 4. The van der Waals surface area contributed by atoms with Gasteiger partial charge in [0.25, 0.3) is 0 Å². The molecular weight excluding hydrogens is 180 g/mol. The Morgan fingerprint density at radius 3 is 2.93 bits per heavy atom. The Morgan fingerprint density at radius 2 is 2.43 bits per heavy atom. The maximum Gasteiger partial charge on any atom is 0.112 e. The second kappa shape index (κ2) is 4.50. The second-order valence-electron chi connectivity index (χ2n) is 3.27. The Labute approximate surface area is 83.0 Å². The second-order valence-corrected chi connectivity index (χ2v) is 3.27. The summed E-state index contributed by atoms with van der Waals surface area (Å²) in [5.74, 6) is 0. The zero-order valence-corrected chi connectivity index (χ0v) is 7.93. The SMILES string of the molecule is NCC(OC1COC1)c1ccccn1. The van der Waals surface area contributed by atoms with Crippen molar-refractivity contribution in [3.8, 4) is 0 Å². The van der Waals surface area contributed by atoms with Crippen molar-refractivity contribution in [2.45, 2.75) is 12.2 Å². The van der Waals surface area contributed by atoms with E-state index in [1.807, 2.05) is 18.2 Å². The van der Waals surface area contributed by atoms with Crippen LogP contribution >= 0.6 is 0 Å². The molecule has 0 radical (unpaired) electrons. The summed E-state index contributed by atoms with van der Waals surface area (Å²) in [5.41, 5.74) is 6.52. The number of aromatic nitrogens is 1. The number of ether oxygens (including phenoxy) is 2. The fourth-order valence-electron chi connectivity index (χ4n) is 1.34. The molecule has 1 aromatic heterocycles. The van der Waals surface area contributed by atoms with Crippen molar-refractivity contribution < 1.29 is 9.47 Å². The Hall–Kier alpha value is -0.970. The van der Waals surface area contributed by atoms with E-state index >= 15 is 0 Å². The highest BCUT2D eigenvalue weighted by atomic mass is 16.6. The fourth-order valence-corrected chi connectivity index (χ4v) is 1.34. The van der Waals surface area contributed by atoms with Gasteiger partial charge >= 0.3 is 0 Å². The smallest absolute Gasteiger partial charge is 0.112 e. The Bertz CT molecular complexity index is 275. The molecule has 0 amide bonds. The fraction of sp³-hybridized carbons (Fsp3) is 0.500. The van der Waals surface area contributed by atoms with Gasteiger partial charge in [0.1, 0.15) is 12.2 Å². The molecule has 14 heavy (non-hydrogen) atoms. The quantitative estimate of drug-likeness (QED) is 0.758. The van der Waals surface area contributed by atoms with Crippen molar-refractivity contribution in [1.29, 1.82) is 0 Å². The van der Waals surface area contributed by atoms with Crippen LogP contribution in [-0.4, -0.2) is 30.8 Å². The summed E-state index contributed by atoms with van der Waals surface area (Å²) < 4.78 is 10.7. The number of hydrogen-bond donors (Lipinski definition) is 1. The third-order valence-corrected chi connectivity index (χ3v) is 2.20. The van der Waals surface area contributed by atoms with Gasteiger partial charge in [0.2, 0.25) is 0 Å². The molecular formula is C10H14N2O2. The summed E-state index contributed by atoms with van der Waals surface area (Å²) in [6.45, 7) is 1.79. The van der Waals surface area contributed by atoms with Crippen LogP contribution in [0.15, 0.2) is 24.4 Å². The first-order valence-corrected chi connectivity index (χ1v) is 4.74. The summed E-state index contributed by atoms with van der Waals surface area (Å²) in [4.78, 5) is 4.22. The van der Waals surface area contributed by atoms with Gasteiger partial charge in [-0.3, -0.25) is 4.98 Å². The number of pyridine rings is 1. The lowest BCUT2D eigenvalue weighted by Crippen LogP contribution is -2.38. The zero-order chi connectivity index (χ0) is 9.80. The molecule has 0 bridgehead atoms. The summed E-state index contributed by atoms with van der Waals surface area (Å²) in [7, 11) is 0. The van der Waals surface area contributed by atoms with Crippen molar-refractivity contribution in [3.63, 3.8) is 0 Å². The first kappa shape index (κ1) is 9.58. The van der Waals surface area contributed by atoms with Crippen molar-refractivity contribution in [1.82, 2.24) is 4.98 Å². The third-order valence-electron chi connectivity index (χ3n) is 2.20. The maximum atomic E-state index is 5.71. The first-order chi connectivity index (χ1) is 6.90. The van der Waals surface area contributed by atoms with Gasteiger partial charge in [-0.15, -0.1) is 0 Å². The van der Waals surface area contributed by atoms with Crippen LogP contribution < -0.4 is 5.73 Å². The maximum absolute atomic E-state index is 5.71. The predicted molar refractivity (Wildman–Crippen MR) is 51.7 cm³/mol. The van der Waals surface area contributed by atoms with Crippen molar-refractivity contribution in [2.24, 2.45) is 5.73 Å². The topological polar surface area (TPSA) is 57.4 Å². The summed E-state index contributed by atoms with van der Waals surface area (Å²) in [5, 5.41) is 0. The Kier molecular flexibility index (Phi) is 3.08. The van der Waals surface area contributed by atoms with E-state index in [1.165, 1.54) is 0 Å². The van der Waals surface area contributed by atoms with Gasteiger partial charge in [0, 0.05) is 12.7 Å². The summed E-state index contributed by atoms with van der Waals surface area (Å²) in [6.07, 6.45) is 1.83. The average molecular weight is 194 g/mol. The highest BCUT2D eigenvalue weighted by molar-refractivity contribution is 5.07. The molecule has 2 N–H and O–H groups in total. The van der Waals surface area contributed by atoms with Gasteiger partial charge in [-0.1, -0.05) is 6.07 Å². The molecule has 0 aliphatic carbocycles. The van der Waals surface area contributed by atoms with Crippen LogP contribution in [0.2, 0.25) is 0 Å². The van der Waals surface area contributed by atoms with Crippen LogP contribution in [0.3, 0.4) is 0 Å². The van der Waals surface area contributed by atoms with Crippen molar-refractivity contribution in [2.75, 3.05) is 19.8 Å². The summed E-state index contributed by atoms with van der Waals surface area (Å²) in [6, 6.07) is 5.74. The minimum Gasteiger partial charge on any atom is -0.376 e. The standard InChI is InChI=1S/C10H14N2O2/c11-5-10(14-8-6-13-7-8)9-3-1-2-4-12-9/h1-4,8,10H,5-7,11H2. The van der Waals surface area contributed by atoms with Crippen LogP contribution in [0, 0.1) is 0 Å². The average Bonchev–Trinajstić information content (AvgIpc) is 2.18. The van der Waals surface area contributed by atoms with Crippen molar-refractivity contribution >= 4 is 0 Å². The van der Waals surface area contributed by atoms with Crippen LogP contribution in [-0.2, 0) is 9.47 Å². The van der Waals surface area contributed by atoms with E-state index in [0.717, 1.165) is 5.69 Å². The van der Waals surface area contributed by atoms with E-state index in [4.69, 9.17) is 15.2 Å². The largest absolute Gasteiger partial charge is 0.376 e. The lowest BCUT2D eigenvalue weighted by molar-refractivity contribution is -0.154. The lowest BCUT2D eigenvalue weighted by Gasteiger charge is -2.29. The molecule has 1 aromatic rings. The molecule has 4 nitrogen and oxygen atoms in total. The minimum atomic E-state index is -0.106. The molecule has 2 rings (SSSR count). The molecule has 76 valence electrons. The molecule has 1 unspecified atom stereocenters. The minimum absolute atomic E-state index is 0.106. The zero-order valence-electron chi connectivity index (χ0n) is 7.93. The normalized spacial score (nSPS) is 18.9. The van der Waals surface area contributed by atoms with Crippen LogP contribution in [0.5, 0.6) is 0 Å². The monoisotopic (exact) mass is 194 g/mol. The Morgan fingerprint density at radius 1 is 1.57 bits per heavy atom. The lowest BCUT2D eigenvalue weighted by atomic mass is 10.2. The van der Waals surface area contributed by atoms with Crippen LogP contribution in [0.4, 0.5) is 0 Å². The van der Waals surface area contributed by atoms with E-state index in [1.54, 1.807) is 6.20 Å². The van der Waals surface area contributed by atoms with E-state index in [2.05, 4.69) is 4.98 Å². The van der Waals surface area contributed by atoms with E-state index in [0.29, 0.717) is 19.8 Å². The molecule has 1 aliphatic rings. The van der Waals surface area contributed by atoms with Crippen LogP contribution in [0.1, 0.15) is 11.8 Å². The van der Waals surface area contributed by atoms with E-state index in [9.17, 15) is 0 Å². The van der Waals surface area contributed by atoms with Gasteiger partial charge in [0.05, 0.1) is 18.9 Å². The van der Waals surface area contributed by atoms with Crippen molar-refractivity contribution in [3.05, 3.63) is 30.1 Å². The molecule has 0 spiro atoms. The highest BCUT2D eigenvalue weighted by Crippen LogP contribution is 2.18. The molecule has 1 aliphatic heterocycles. The molecule has 0 aromatic carbocycles. The van der Waals surface area contributed by atoms with E-state index in [-0.39, 0.29) is 12.2 Å². The molecule has 4 heteroatoms. The van der Waals surface area contributed by atoms with Gasteiger partial charge in [-0.2, -0.15) is 0 Å². The third kappa shape index (κ3) is 2.09. The molecule has 1 atom stereocenters. The van der Waals surface area contributed by atoms with Gasteiger partial charge in [-0.05, 0) is 12.1 Å². The van der Waals surface area contributed by atoms with Gasteiger partial charge in [0.15, 0.2) is 0 Å². The van der Waals surface area contributed by atoms with Gasteiger partial charge < -0.3 is 15.2 Å². The highest BCUT2D eigenvalue weighted by Gasteiger charge is 2.24. The molecule has 1 saturated heterocycles. The molecule has 0 saturated carbocycles. The number of rotatable bonds is 4. The molecule has 2 heterocycles. The van der Waals surface area contributed by atoms with E-state index < -0.39 is 0 Å². The predicted octanol–water partition coefficient (Wildman–Crippen LogP) is 0.497. The first-order valence-electron chi connectivity index (χ1n) is 4.74.